The Morgan fingerprint density at radius 1 is 0.895 bits per heavy atom. The van der Waals surface area contributed by atoms with E-state index in [4.69, 9.17) is 14.2 Å². The molecule has 1 aliphatic rings. The molecule has 0 aromatic heterocycles. The highest BCUT2D eigenvalue weighted by Gasteiger charge is 2.47. The number of phenolic OH excluding ortho intramolecular Hbond substituents is 2. The first-order chi connectivity index (χ1) is 18.0. The molecule has 2 unspecified atom stereocenters. The minimum Gasteiger partial charge on any atom is -0.508 e. The number of benzene rings is 2. The third kappa shape index (κ3) is 8.60. The van der Waals surface area contributed by atoms with E-state index in [1.54, 1.807) is 57.2 Å². The zero-order valence-corrected chi connectivity index (χ0v) is 22.1. The highest BCUT2D eigenvalue weighted by atomic mass is 16.7. The summed E-state index contributed by atoms with van der Waals surface area (Å²) in [7, 11) is 0. The van der Waals surface area contributed by atoms with Crippen molar-refractivity contribution in [2.75, 3.05) is 6.61 Å². The molecule has 1 aliphatic heterocycles. The van der Waals surface area contributed by atoms with Crippen molar-refractivity contribution in [2.24, 2.45) is 5.92 Å². The van der Waals surface area contributed by atoms with Crippen LogP contribution in [0.15, 0.2) is 48.5 Å². The molecule has 200 valence electrons. The number of aromatic hydroxyl groups is 2. The van der Waals surface area contributed by atoms with Gasteiger partial charge in [0.2, 0.25) is 0 Å². The number of ether oxygens (including phenoxy) is 3. The van der Waals surface area contributed by atoms with E-state index < -0.39 is 29.6 Å². The van der Waals surface area contributed by atoms with Crippen LogP contribution >= 0.6 is 0 Å². The van der Waals surface area contributed by atoms with Gasteiger partial charge in [0.1, 0.15) is 11.5 Å². The van der Waals surface area contributed by atoms with Gasteiger partial charge in [0.25, 0.3) is 5.79 Å². The highest BCUT2D eigenvalue weighted by molar-refractivity contribution is 5.98. The van der Waals surface area contributed by atoms with E-state index in [2.05, 4.69) is 23.7 Å². The average molecular weight is 521 g/mol. The molecule has 2 N–H and O–H groups in total. The van der Waals surface area contributed by atoms with Crippen LogP contribution in [0.1, 0.15) is 64.0 Å². The van der Waals surface area contributed by atoms with E-state index in [1.165, 1.54) is 26.0 Å². The lowest BCUT2D eigenvalue weighted by Crippen LogP contribution is -2.48. The van der Waals surface area contributed by atoms with Gasteiger partial charge < -0.3 is 24.4 Å². The molecule has 2 atom stereocenters. The van der Waals surface area contributed by atoms with Crippen molar-refractivity contribution < 1.29 is 38.8 Å². The zero-order valence-electron chi connectivity index (χ0n) is 22.1. The molecule has 2 aromatic rings. The molecular weight excluding hydrogens is 488 g/mol. The van der Waals surface area contributed by atoms with Gasteiger partial charge in [-0.3, -0.25) is 14.4 Å². The summed E-state index contributed by atoms with van der Waals surface area (Å²) in [6.45, 7) is 8.51. The van der Waals surface area contributed by atoms with E-state index in [0.717, 1.165) is 5.56 Å². The second-order valence-corrected chi connectivity index (χ2v) is 8.73. The third-order valence-corrected chi connectivity index (χ3v) is 5.38. The third-order valence-electron chi connectivity index (χ3n) is 5.38. The van der Waals surface area contributed by atoms with Crippen LogP contribution in [-0.2, 0) is 28.6 Å². The van der Waals surface area contributed by atoms with Crippen molar-refractivity contribution in [1.82, 2.24) is 0 Å². The highest BCUT2D eigenvalue weighted by Crippen LogP contribution is 2.33. The van der Waals surface area contributed by atoms with Crippen LogP contribution in [0.2, 0.25) is 0 Å². The summed E-state index contributed by atoms with van der Waals surface area (Å²) in [5.74, 6) is 6.82. The SMILES string of the molecule is CC#CC(CC(=O)OCC)c1ccc(O)cc1.CC#CC(c1ccc(O)cc1)C1C(=O)OC(C)(C)OC1=O. The molecule has 8 heteroatoms. The molecule has 0 radical (unpaired) electrons. The molecule has 1 heterocycles. The smallest absolute Gasteiger partial charge is 0.325 e. The molecule has 38 heavy (non-hydrogen) atoms. The van der Waals surface area contributed by atoms with Crippen LogP contribution in [0.5, 0.6) is 11.5 Å². The maximum absolute atomic E-state index is 12.1. The standard InChI is InChI=1S/C16H16O5.C14H16O3/c1-4-5-12(10-6-8-11(17)9-7-10)13-14(18)20-16(2,3)21-15(13)19;1-3-5-12(10-14(16)17-4-2)11-6-8-13(15)9-7-11/h6-9,12-13,17H,1-3H3;6-9,12,15H,4,10H2,1-2H3. The van der Waals surface area contributed by atoms with Gasteiger partial charge in [-0.05, 0) is 56.2 Å². The topological polar surface area (TPSA) is 119 Å². The molecule has 0 aliphatic carbocycles. The normalized spacial score (nSPS) is 15.5. The number of phenols is 2. The molecule has 2 aromatic carbocycles. The first-order valence-electron chi connectivity index (χ1n) is 12.0. The minimum absolute atomic E-state index is 0.0943. The quantitative estimate of drug-likeness (QED) is 0.327. The Morgan fingerprint density at radius 2 is 1.37 bits per heavy atom. The summed E-state index contributed by atoms with van der Waals surface area (Å²) in [5, 5.41) is 18.5. The van der Waals surface area contributed by atoms with Crippen molar-refractivity contribution in [2.45, 2.75) is 58.7 Å². The molecule has 0 amide bonds. The fourth-order valence-electron chi connectivity index (χ4n) is 3.72. The fourth-order valence-corrected chi connectivity index (χ4v) is 3.72. The predicted molar refractivity (Wildman–Crippen MR) is 140 cm³/mol. The van der Waals surface area contributed by atoms with Crippen LogP contribution in [0.4, 0.5) is 0 Å². The Bertz CT molecular complexity index is 1220. The van der Waals surface area contributed by atoms with Gasteiger partial charge in [0.05, 0.1) is 24.9 Å². The largest absolute Gasteiger partial charge is 0.508 e. The van der Waals surface area contributed by atoms with E-state index in [1.807, 2.05) is 0 Å². The zero-order chi connectivity index (χ0) is 28.3. The van der Waals surface area contributed by atoms with Crippen LogP contribution in [0.3, 0.4) is 0 Å². The molecule has 1 saturated heterocycles. The molecule has 0 bridgehead atoms. The summed E-state index contributed by atoms with van der Waals surface area (Å²) < 4.78 is 15.2. The Morgan fingerprint density at radius 3 is 1.82 bits per heavy atom. The number of esters is 3. The van der Waals surface area contributed by atoms with E-state index in [0.29, 0.717) is 12.2 Å². The molecular formula is C30H32O8. The lowest BCUT2D eigenvalue weighted by molar-refractivity contribution is -0.240. The van der Waals surface area contributed by atoms with E-state index in [-0.39, 0.29) is 29.8 Å². The Balaban J connectivity index is 0.000000273. The summed E-state index contributed by atoms with van der Waals surface area (Å²) in [4.78, 5) is 35.7. The molecule has 0 saturated carbocycles. The molecule has 3 rings (SSSR count). The van der Waals surface area contributed by atoms with Crippen LogP contribution in [0, 0.1) is 29.6 Å². The van der Waals surface area contributed by atoms with Gasteiger partial charge in [-0.2, -0.15) is 0 Å². The number of carbonyl (C=O) groups is 3. The molecule has 8 nitrogen and oxygen atoms in total. The molecule has 1 fully saturated rings. The Labute approximate surface area is 222 Å². The second-order valence-electron chi connectivity index (χ2n) is 8.73. The Kier molecular flexibility index (Phi) is 10.8. The lowest BCUT2D eigenvalue weighted by atomic mass is 9.85. The van der Waals surface area contributed by atoms with Gasteiger partial charge >= 0.3 is 17.9 Å². The van der Waals surface area contributed by atoms with E-state index in [9.17, 15) is 24.6 Å². The maximum atomic E-state index is 12.1. The Hall–Kier alpha value is -4.43. The average Bonchev–Trinajstić information content (AvgIpc) is 2.84. The number of hydrogen-bond acceptors (Lipinski definition) is 8. The number of hydrogen-bond donors (Lipinski definition) is 2. The monoisotopic (exact) mass is 520 g/mol. The minimum atomic E-state index is -1.26. The van der Waals surface area contributed by atoms with Crippen LogP contribution < -0.4 is 0 Å². The van der Waals surface area contributed by atoms with Gasteiger partial charge in [-0.25, -0.2) is 0 Å². The van der Waals surface area contributed by atoms with Gasteiger partial charge in [0, 0.05) is 13.8 Å². The lowest BCUT2D eigenvalue weighted by Gasteiger charge is -2.34. The number of rotatable bonds is 6. The van der Waals surface area contributed by atoms with Crippen LogP contribution in [0.25, 0.3) is 0 Å². The van der Waals surface area contributed by atoms with Crippen molar-refractivity contribution in [1.29, 1.82) is 0 Å². The van der Waals surface area contributed by atoms with Gasteiger partial charge in [-0.15, -0.1) is 11.8 Å². The summed E-state index contributed by atoms with van der Waals surface area (Å²) in [5.41, 5.74) is 1.55. The van der Waals surface area contributed by atoms with Crippen molar-refractivity contribution in [3.8, 4) is 35.2 Å². The number of carbonyl (C=O) groups excluding carboxylic acids is 3. The summed E-state index contributed by atoms with van der Waals surface area (Å²) in [6.07, 6.45) is 0.236. The summed E-state index contributed by atoms with van der Waals surface area (Å²) >= 11 is 0. The fraction of sp³-hybridized carbons (Fsp3) is 0.367. The summed E-state index contributed by atoms with van der Waals surface area (Å²) in [6, 6.07) is 12.9. The first kappa shape index (κ1) is 29.8. The molecule has 0 spiro atoms. The van der Waals surface area contributed by atoms with Crippen molar-refractivity contribution >= 4 is 17.9 Å². The van der Waals surface area contributed by atoms with E-state index >= 15 is 0 Å². The van der Waals surface area contributed by atoms with Gasteiger partial charge in [0.15, 0.2) is 5.92 Å². The maximum Gasteiger partial charge on any atom is 0.325 e. The van der Waals surface area contributed by atoms with Gasteiger partial charge in [-0.1, -0.05) is 36.1 Å². The second kappa shape index (κ2) is 13.8. The number of cyclic esters (lactones) is 2. The van der Waals surface area contributed by atoms with Crippen molar-refractivity contribution in [3.63, 3.8) is 0 Å². The van der Waals surface area contributed by atoms with Crippen LogP contribution in [-0.4, -0.2) is 40.5 Å². The first-order valence-corrected chi connectivity index (χ1v) is 12.0. The van der Waals surface area contributed by atoms with Crippen molar-refractivity contribution in [3.05, 3.63) is 59.7 Å². The predicted octanol–water partition coefficient (Wildman–Crippen LogP) is 4.40.